The lowest BCUT2D eigenvalue weighted by molar-refractivity contribution is -0.114. The van der Waals surface area contributed by atoms with Crippen molar-refractivity contribution in [3.8, 4) is 0 Å². The summed E-state index contributed by atoms with van der Waals surface area (Å²) in [5.74, 6) is -0.350. The van der Waals surface area contributed by atoms with Crippen LogP contribution in [-0.4, -0.2) is 66.3 Å². The van der Waals surface area contributed by atoms with Crippen LogP contribution in [0.4, 0.5) is 5.13 Å². The van der Waals surface area contributed by atoms with Crippen LogP contribution >= 0.6 is 11.3 Å². The Morgan fingerprint density at radius 3 is 3.00 bits per heavy atom. The predicted octanol–water partition coefficient (Wildman–Crippen LogP) is -1.12. The third-order valence-electron chi connectivity index (χ3n) is 2.56. The lowest BCUT2D eigenvalue weighted by Crippen LogP contribution is -2.46. The van der Waals surface area contributed by atoms with E-state index in [1.165, 1.54) is 11.2 Å². The molecule has 2 rings (SSSR count). The number of carbonyl (C=O) groups excluding carboxylic acids is 1. The molecule has 2 heterocycles. The number of carbonyl (C=O) groups is 1. The van der Waals surface area contributed by atoms with E-state index in [4.69, 9.17) is 9.84 Å². The molecule has 1 aliphatic rings. The number of aliphatic hydroxyl groups excluding tert-OH is 1. The van der Waals surface area contributed by atoms with Crippen LogP contribution in [0.5, 0.6) is 0 Å². The number of nitrogens with one attached hydrogen (secondary N) is 1. The number of nitrogens with zero attached hydrogens (tertiary/aromatic N) is 3. The average Bonchev–Trinajstić information content (AvgIpc) is 2.87. The number of ether oxygens (including phenoxy) is 1. The molecule has 0 bridgehead atoms. The number of rotatable bonds is 4. The quantitative estimate of drug-likeness (QED) is 0.673. The van der Waals surface area contributed by atoms with E-state index in [-0.39, 0.29) is 41.7 Å². The zero-order chi connectivity index (χ0) is 14.8. The van der Waals surface area contributed by atoms with E-state index in [9.17, 15) is 13.2 Å². The van der Waals surface area contributed by atoms with Crippen molar-refractivity contribution in [3.05, 3.63) is 0 Å². The number of amides is 1. The standard InChI is InChI=1S/C9H14N4O5S2/c1-6(15)10-8-11-12-9(19-8)20(16,17)13-2-3-18-7(4-13)5-14/h7,14H,2-5H2,1H3,(H,10,11,15). The van der Waals surface area contributed by atoms with Crippen molar-refractivity contribution >= 4 is 32.4 Å². The molecule has 0 spiro atoms. The third kappa shape index (κ3) is 3.30. The molecule has 20 heavy (non-hydrogen) atoms. The fourth-order valence-corrected chi connectivity index (χ4v) is 4.19. The van der Waals surface area contributed by atoms with Crippen LogP contribution in [0.2, 0.25) is 0 Å². The molecule has 1 saturated heterocycles. The van der Waals surface area contributed by atoms with Crippen LogP contribution in [0, 0.1) is 0 Å². The second-order valence-corrected chi connectivity index (χ2v) is 7.18. The Hall–Kier alpha value is -1.14. The van der Waals surface area contributed by atoms with Gasteiger partial charge >= 0.3 is 0 Å². The SMILES string of the molecule is CC(=O)Nc1nnc(S(=O)(=O)N2CCOC(CO)C2)s1. The first kappa shape index (κ1) is 15.3. The third-order valence-corrected chi connectivity index (χ3v) is 5.60. The largest absolute Gasteiger partial charge is 0.394 e. The molecular formula is C9H14N4O5S2. The van der Waals surface area contributed by atoms with E-state index in [0.29, 0.717) is 0 Å². The molecule has 2 N–H and O–H groups in total. The van der Waals surface area contributed by atoms with Gasteiger partial charge in [-0.05, 0) is 0 Å². The van der Waals surface area contributed by atoms with Gasteiger partial charge in [-0.2, -0.15) is 4.31 Å². The van der Waals surface area contributed by atoms with Gasteiger partial charge < -0.3 is 15.2 Å². The summed E-state index contributed by atoms with van der Waals surface area (Å²) in [5, 5.41) is 18.7. The van der Waals surface area contributed by atoms with E-state index in [1.54, 1.807) is 0 Å². The summed E-state index contributed by atoms with van der Waals surface area (Å²) in [6.45, 7) is 1.51. The normalized spacial score (nSPS) is 20.8. The molecule has 1 fully saturated rings. The minimum atomic E-state index is -3.78. The maximum absolute atomic E-state index is 12.3. The summed E-state index contributed by atoms with van der Waals surface area (Å²) in [6.07, 6.45) is -0.540. The first-order valence-corrected chi connectivity index (χ1v) is 8.03. The Bertz CT molecular complexity index is 587. The Kier molecular flexibility index (Phi) is 4.65. The number of aromatic nitrogens is 2. The maximum atomic E-state index is 12.3. The highest BCUT2D eigenvalue weighted by molar-refractivity contribution is 7.91. The molecule has 112 valence electrons. The summed E-state index contributed by atoms with van der Waals surface area (Å²) in [7, 11) is -3.78. The van der Waals surface area contributed by atoms with Crippen molar-refractivity contribution in [1.82, 2.24) is 14.5 Å². The van der Waals surface area contributed by atoms with Crippen molar-refractivity contribution in [2.24, 2.45) is 0 Å². The van der Waals surface area contributed by atoms with E-state index in [0.717, 1.165) is 11.3 Å². The van der Waals surface area contributed by atoms with Gasteiger partial charge in [0, 0.05) is 20.0 Å². The second-order valence-electron chi connectivity index (χ2n) is 4.09. The summed E-state index contributed by atoms with van der Waals surface area (Å²) in [5.41, 5.74) is 0. The van der Waals surface area contributed by atoms with Gasteiger partial charge in [0.2, 0.25) is 15.4 Å². The number of hydrogen-bond acceptors (Lipinski definition) is 8. The van der Waals surface area contributed by atoms with Crippen LogP contribution in [0.1, 0.15) is 6.92 Å². The minimum Gasteiger partial charge on any atom is -0.394 e. The number of anilines is 1. The van der Waals surface area contributed by atoms with E-state index < -0.39 is 16.1 Å². The minimum absolute atomic E-state index is 0.0634. The molecule has 1 aliphatic heterocycles. The van der Waals surface area contributed by atoms with Gasteiger partial charge in [-0.1, -0.05) is 11.3 Å². The van der Waals surface area contributed by atoms with Crippen molar-refractivity contribution in [2.75, 3.05) is 31.6 Å². The summed E-state index contributed by atoms with van der Waals surface area (Å²) < 4.78 is 30.9. The second kappa shape index (κ2) is 6.10. The highest BCUT2D eigenvalue weighted by atomic mass is 32.2. The molecule has 1 aromatic heterocycles. The first-order valence-electron chi connectivity index (χ1n) is 5.77. The molecular weight excluding hydrogens is 308 g/mol. The van der Waals surface area contributed by atoms with Gasteiger partial charge in [0.15, 0.2) is 0 Å². The average molecular weight is 322 g/mol. The lowest BCUT2D eigenvalue weighted by atomic mass is 10.3. The fourth-order valence-electron chi connectivity index (χ4n) is 1.65. The summed E-state index contributed by atoms with van der Waals surface area (Å²) in [6, 6.07) is 0. The van der Waals surface area contributed by atoms with E-state index in [2.05, 4.69) is 15.5 Å². The van der Waals surface area contributed by atoms with E-state index >= 15 is 0 Å². The van der Waals surface area contributed by atoms with Crippen LogP contribution < -0.4 is 5.32 Å². The lowest BCUT2D eigenvalue weighted by Gasteiger charge is -2.30. The number of morpholine rings is 1. The molecule has 1 aromatic rings. The van der Waals surface area contributed by atoms with Crippen LogP contribution in [0.3, 0.4) is 0 Å². The summed E-state index contributed by atoms with van der Waals surface area (Å²) in [4.78, 5) is 10.9. The van der Waals surface area contributed by atoms with Crippen LogP contribution in [-0.2, 0) is 19.6 Å². The molecule has 1 amide bonds. The predicted molar refractivity (Wildman–Crippen MR) is 69.8 cm³/mol. The fraction of sp³-hybridized carbons (Fsp3) is 0.667. The molecule has 0 radical (unpaired) electrons. The monoisotopic (exact) mass is 322 g/mol. The van der Waals surface area contributed by atoms with Gasteiger partial charge in [0.05, 0.1) is 19.3 Å². The Labute approximate surface area is 119 Å². The van der Waals surface area contributed by atoms with Crippen LogP contribution in [0.25, 0.3) is 0 Å². The smallest absolute Gasteiger partial charge is 0.272 e. The zero-order valence-electron chi connectivity index (χ0n) is 10.6. The van der Waals surface area contributed by atoms with Crippen molar-refractivity contribution < 1.29 is 23.1 Å². The van der Waals surface area contributed by atoms with Gasteiger partial charge in [0.1, 0.15) is 0 Å². The zero-order valence-corrected chi connectivity index (χ0v) is 12.3. The van der Waals surface area contributed by atoms with Crippen molar-refractivity contribution in [3.63, 3.8) is 0 Å². The van der Waals surface area contributed by atoms with Gasteiger partial charge in [-0.3, -0.25) is 4.79 Å². The van der Waals surface area contributed by atoms with E-state index in [1.807, 2.05) is 0 Å². The highest BCUT2D eigenvalue weighted by Gasteiger charge is 2.33. The Balaban J connectivity index is 2.17. The molecule has 9 nitrogen and oxygen atoms in total. The molecule has 1 atom stereocenters. The van der Waals surface area contributed by atoms with Gasteiger partial charge in [-0.15, -0.1) is 10.2 Å². The number of sulfonamides is 1. The van der Waals surface area contributed by atoms with Crippen molar-refractivity contribution in [1.29, 1.82) is 0 Å². The number of hydrogen-bond donors (Lipinski definition) is 2. The van der Waals surface area contributed by atoms with Crippen LogP contribution in [0.15, 0.2) is 4.34 Å². The van der Waals surface area contributed by atoms with Gasteiger partial charge in [0.25, 0.3) is 10.0 Å². The molecule has 0 aliphatic carbocycles. The molecule has 11 heteroatoms. The van der Waals surface area contributed by atoms with Crippen molar-refractivity contribution in [2.45, 2.75) is 17.4 Å². The summed E-state index contributed by atoms with van der Waals surface area (Å²) >= 11 is 0.784. The van der Waals surface area contributed by atoms with Gasteiger partial charge in [-0.25, -0.2) is 8.42 Å². The maximum Gasteiger partial charge on any atom is 0.272 e. The number of aliphatic hydroxyl groups is 1. The topological polar surface area (TPSA) is 122 Å². The Morgan fingerprint density at radius 1 is 1.60 bits per heavy atom. The molecule has 0 aromatic carbocycles. The first-order chi connectivity index (χ1) is 9.43. The molecule has 0 saturated carbocycles. The highest BCUT2D eigenvalue weighted by Crippen LogP contribution is 2.24. The molecule has 1 unspecified atom stereocenters. The Morgan fingerprint density at radius 2 is 2.35 bits per heavy atom.